The Bertz CT molecular complexity index is 1120. The fourth-order valence-corrected chi connectivity index (χ4v) is 3.69. The highest BCUT2D eigenvalue weighted by molar-refractivity contribution is 6.05. The fourth-order valence-electron chi connectivity index (χ4n) is 3.69. The van der Waals surface area contributed by atoms with E-state index in [4.69, 9.17) is 4.74 Å². The van der Waals surface area contributed by atoms with Crippen molar-refractivity contribution in [1.82, 2.24) is 0 Å². The number of ether oxygens (including phenoxy) is 1. The third-order valence-electron chi connectivity index (χ3n) is 5.66. The number of hydrogen-bond acceptors (Lipinski definition) is 3. The first-order valence-corrected chi connectivity index (χ1v) is 10.5. The second-order valence-electron chi connectivity index (χ2n) is 7.92. The maximum Gasteiger partial charge on any atom is 0.267 e. The molecule has 5 nitrogen and oxygen atoms in total. The number of carbonyl (C=O) groups is 2. The molecule has 1 aliphatic heterocycles. The molecule has 0 spiro atoms. The number of nitrogens with one attached hydrogen (secondary N) is 1. The van der Waals surface area contributed by atoms with E-state index in [-0.39, 0.29) is 11.8 Å². The van der Waals surface area contributed by atoms with Crippen LogP contribution in [0.25, 0.3) is 0 Å². The molecule has 0 aromatic heterocycles. The quantitative estimate of drug-likeness (QED) is 0.645. The van der Waals surface area contributed by atoms with Gasteiger partial charge in [0.05, 0.1) is 5.69 Å². The van der Waals surface area contributed by atoms with Crippen LogP contribution in [0.5, 0.6) is 5.75 Å². The van der Waals surface area contributed by atoms with Crippen LogP contribution in [0.3, 0.4) is 0 Å². The van der Waals surface area contributed by atoms with Crippen LogP contribution in [-0.4, -0.2) is 24.5 Å². The van der Waals surface area contributed by atoms with Crippen LogP contribution in [0, 0.1) is 13.8 Å². The van der Waals surface area contributed by atoms with Crippen molar-refractivity contribution in [3.63, 3.8) is 0 Å². The molecule has 2 amide bonds. The highest BCUT2D eigenvalue weighted by atomic mass is 16.5. The topological polar surface area (TPSA) is 58.6 Å². The number of hydrogen-bond donors (Lipinski definition) is 1. The van der Waals surface area contributed by atoms with Gasteiger partial charge in [-0.25, -0.2) is 0 Å². The molecule has 0 saturated carbocycles. The Labute approximate surface area is 182 Å². The number of aryl methyl sites for hydroxylation is 2. The first-order chi connectivity index (χ1) is 14.9. The van der Waals surface area contributed by atoms with Gasteiger partial charge in [0.1, 0.15) is 5.75 Å². The molecule has 1 heterocycles. The smallest absolute Gasteiger partial charge is 0.267 e. The predicted molar refractivity (Wildman–Crippen MR) is 123 cm³/mol. The van der Waals surface area contributed by atoms with E-state index in [2.05, 4.69) is 17.4 Å². The average Bonchev–Trinajstić information content (AvgIpc) is 2.76. The third-order valence-corrected chi connectivity index (χ3v) is 5.66. The van der Waals surface area contributed by atoms with Gasteiger partial charge in [0, 0.05) is 23.9 Å². The summed E-state index contributed by atoms with van der Waals surface area (Å²) in [4.78, 5) is 27.2. The normalized spacial score (nSPS) is 15.3. The summed E-state index contributed by atoms with van der Waals surface area (Å²) in [5.74, 6) is 0.359. The van der Waals surface area contributed by atoms with Gasteiger partial charge < -0.3 is 15.0 Å². The van der Waals surface area contributed by atoms with Crippen molar-refractivity contribution < 1.29 is 14.3 Å². The largest absolute Gasteiger partial charge is 0.479 e. The maximum atomic E-state index is 12.7. The first-order valence-electron chi connectivity index (χ1n) is 10.5. The van der Waals surface area contributed by atoms with Gasteiger partial charge in [-0.05, 0) is 68.1 Å². The number of rotatable bonds is 5. The maximum absolute atomic E-state index is 12.7. The van der Waals surface area contributed by atoms with E-state index in [0.717, 1.165) is 23.2 Å². The van der Waals surface area contributed by atoms with Crippen molar-refractivity contribution in [2.24, 2.45) is 0 Å². The van der Waals surface area contributed by atoms with Crippen LogP contribution in [0.15, 0.2) is 66.7 Å². The molecule has 1 atom stereocenters. The van der Waals surface area contributed by atoms with Crippen LogP contribution < -0.4 is 15.0 Å². The first kappa shape index (κ1) is 20.7. The van der Waals surface area contributed by atoms with E-state index in [9.17, 15) is 9.59 Å². The Balaban J connectivity index is 1.53. The van der Waals surface area contributed by atoms with Gasteiger partial charge in [-0.15, -0.1) is 0 Å². The summed E-state index contributed by atoms with van der Waals surface area (Å²) in [5.41, 5.74) is 5.36. The van der Waals surface area contributed by atoms with Gasteiger partial charge in [0.25, 0.3) is 11.8 Å². The highest BCUT2D eigenvalue weighted by Crippen LogP contribution is 2.36. The minimum Gasteiger partial charge on any atom is -0.479 e. The zero-order chi connectivity index (χ0) is 22.0. The Morgan fingerprint density at radius 2 is 1.77 bits per heavy atom. The summed E-state index contributed by atoms with van der Waals surface area (Å²) in [6, 6.07) is 21.2. The molecule has 0 bridgehead atoms. The lowest BCUT2D eigenvalue weighted by atomic mass is 10.1. The van der Waals surface area contributed by atoms with Crippen molar-refractivity contribution in [2.75, 3.05) is 16.8 Å². The summed E-state index contributed by atoms with van der Waals surface area (Å²) in [7, 11) is 0. The monoisotopic (exact) mass is 414 g/mol. The molecule has 1 unspecified atom stereocenters. The van der Waals surface area contributed by atoms with Gasteiger partial charge in [-0.1, -0.05) is 36.4 Å². The Kier molecular flexibility index (Phi) is 5.76. The fraction of sp³-hybridized carbons (Fsp3) is 0.231. The molecule has 1 N–H and O–H groups in total. The van der Waals surface area contributed by atoms with E-state index in [1.54, 1.807) is 24.0 Å². The summed E-state index contributed by atoms with van der Waals surface area (Å²) in [6.45, 7) is 6.32. The van der Waals surface area contributed by atoms with Crippen molar-refractivity contribution in [2.45, 2.75) is 33.3 Å². The standard InChI is InChI=1S/C26H26N2O3/c1-17-9-10-21(15-18(17)2)25(29)27-22-11-12-23-24(16-22)31-19(3)26(30)28(23)14-13-20-7-5-4-6-8-20/h4-12,15-16,19H,13-14H2,1-3H3,(H,27,29). The van der Waals surface area contributed by atoms with Gasteiger partial charge in [0.15, 0.2) is 6.10 Å². The second-order valence-corrected chi connectivity index (χ2v) is 7.92. The van der Waals surface area contributed by atoms with Gasteiger partial charge in [-0.3, -0.25) is 9.59 Å². The summed E-state index contributed by atoms with van der Waals surface area (Å²) < 4.78 is 5.85. The average molecular weight is 415 g/mol. The van der Waals surface area contributed by atoms with Crippen LogP contribution in [0.2, 0.25) is 0 Å². The number of anilines is 2. The van der Waals surface area contributed by atoms with Gasteiger partial charge in [0.2, 0.25) is 0 Å². The number of amides is 2. The van der Waals surface area contributed by atoms with Crippen molar-refractivity contribution in [3.8, 4) is 5.75 Å². The zero-order valence-electron chi connectivity index (χ0n) is 18.0. The van der Waals surface area contributed by atoms with E-state index in [1.165, 1.54) is 5.56 Å². The molecule has 158 valence electrons. The second kappa shape index (κ2) is 8.64. The number of benzene rings is 3. The summed E-state index contributed by atoms with van der Waals surface area (Å²) >= 11 is 0. The molecule has 1 aliphatic rings. The lowest BCUT2D eigenvalue weighted by molar-refractivity contribution is -0.125. The van der Waals surface area contributed by atoms with E-state index in [0.29, 0.717) is 23.5 Å². The van der Waals surface area contributed by atoms with Crippen molar-refractivity contribution in [3.05, 3.63) is 89.0 Å². The number of nitrogens with zero attached hydrogens (tertiary/aromatic N) is 1. The molecule has 3 aromatic carbocycles. The lowest BCUT2D eigenvalue weighted by Gasteiger charge is -2.33. The minimum atomic E-state index is -0.575. The van der Waals surface area contributed by atoms with E-state index >= 15 is 0 Å². The number of fused-ring (bicyclic) bond motifs is 1. The molecule has 31 heavy (non-hydrogen) atoms. The van der Waals surface area contributed by atoms with Crippen molar-refractivity contribution >= 4 is 23.2 Å². The molecule has 0 radical (unpaired) electrons. The molecule has 0 saturated heterocycles. The summed E-state index contributed by atoms with van der Waals surface area (Å²) in [5, 5.41) is 2.93. The third kappa shape index (κ3) is 4.45. The molecule has 0 aliphatic carbocycles. The van der Waals surface area contributed by atoms with Crippen LogP contribution in [-0.2, 0) is 11.2 Å². The predicted octanol–water partition coefficient (Wildman–Crippen LogP) is 4.91. The SMILES string of the molecule is Cc1ccc(C(=O)Nc2ccc3c(c2)OC(C)C(=O)N3CCc2ccccc2)cc1C. The summed E-state index contributed by atoms with van der Waals surface area (Å²) in [6.07, 6.45) is 0.179. The lowest BCUT2D eigenvalue weighted by Crippen LogP contribution is -2.45. The Hall–Kier alpha value is -3.60. The number of carbonyl (C=O) groups excluding carboxylic acids is 2. The molecular weight excluding hydrogens is 388 g/mol. The van der Waals surface area contributed by atoms with Crippen LogP contribution >= 0.6 is 0 Å². The van der Waals surface area contributed by atoms with Crippen molar-refractivity contribution in [1.29, 1.82) is 0 Å². The van der Waals surface area contributed by atoms with E-state index in [1.807, 2.05) is 56.3 Å². The Morgan fingerprint density at radius 1 is 1.00 bits per heavy atom. The highest BCUT2D eigenvalue weighted by Gasteiger charge is 2.31. The van der Waals surface area contributed by atoms with Gasteiger partial charge >= 0.3 is 0 Å². The van der Waals surface area contributed by atoms with Crippen LogP contribution in [0.1, 0.15) is 34.0 Å². The Morgan fingerprint density at radius 3 is 2.52 bits per heavy atom. The van der Waals surface area contributed by atoms with Gasteiger partial charge in [-0.2, -0.15) is 0 Å². The molecular formula is C26H26N2O3. The minimum absolute atomic E-state index is 0.0599. The molecule has 5 heteroatoms. The molecule has 0 fully saturated rings. The molecule has 3 aromatic rings. The zero-order valence-corrected chi connectivity index (χ0v) is 18.0. The van der Waals surface area contributed by atoms with E-state index < -0.39 is 6.10 Å². The van der Waals surface area contributed by atoms with Crippen LogP contribution in [0.4, 0.5) is 11.4 Å². The molecule has 4 rings (SSSR count).